The highest BCUT2D eigenvalue weighted by Crippen LogP contribution is 2.16. The van der Waals surface area contributed by atoms with E-state index in [0.29, 0.717) is 11.8 Å². The summed E-state index contributed by atoms with van der Waals surface area (Å²) in [5.41, 5.74) is 2.11. The Hall–Kier alpha value is -1.13. The third kappa shape index (κ3) is 4.46. The molecule has 0 aliphatic carbocycles. The lowest BCUT2D eigenvalue weighted by atomic mass is 10.1. The van der Waals surface area contributed by atoms with Crippen molar-refractivity contribution < 1.29 is 4.79 Å². The highest BCUT2D eigenvalue weighted by molar-refractivity contribution is 9.10. The van der Waals surface area contributed by atoms with Gasteiger partial charge < -0.3 is 5.32 Å². The predicted molar refractivity (Wildman–Crippen MR) is 89.0 cm³/mol. The summed E-state index contributed by atoms with van der Waals surface area (Å²) in [7, 11) is 0. The molecule has 2 nitrogen and oxygen atoms in total. The zero-order valence-electron chi connectivity index (χ0n) is 10.9. The Balaban J connectivity index is 1.97. The van der Waals surface area contributed by atoms with Crippen molar-refractivity contribution in [3.8, 4) is 0 Å². The Morgan fingerprint density at radius 3 is 2.30 bits per heavy atom. The standard InChI is InChI=1S/C16H15Br2NO/c17-11-15(13-4-2-1-3-5-13)19-16(20)10-12-6-8-14(18)9-7-12/h1-9,15H,10-11H2,(H,19,20). The van der Waals surface area contributed by atoms with E-state index in [2.05, 4.69) is 37.2 Å². The van der Waals surface area contributed by atoms with Gasteiger partial charge in [0.05, 0.1) is 12.5 Å². The fraction of sp³-hybridized carbons (Fsp3) is 0.188. The molecule has 0 saturated carbocycles. The second-order valence-corrected chi connectivity index (χ2v) is 6.05. The number of carbonyl (C=O) groups is 1. The van der Waals surface area contributed by atoms with Crippen molar-refractivity contribution >= 4 is 37.8 Å². The first kappa shape index (κ1) is 15.3. The minimum atomic E-state index is -0.000789. The molecular weight excluding hydrogens is 382 g/mol. The topological polar surface area (TPSA) is 29.1 Å². The van der Waals surface area contributed by atoms with Gasteiger partial charge in [-0.3, -0.25) is 4.79 Å². The van der Waals surface area contributed by atoms with Gasteiger partial charge in [0, 0.05) is 9.80 Å². The number of nitrogens with one attached hydrogen (secondary N) is 1. The van der Waals surface area contributed by atoms with Crippen LogP contribution < -0.4 is 5.32 Å². The van der Waals surface area contributed by atoms with Crippen LogP contribution in [0.25, 0.3) is 0 Å². The molecule has 0 bridgehead atoms. The van der Waals surface area contributed by atoms with Gasteiger partial charge in [-0.1, -0.05) is 74.3 Å². The maximum atomic E-state index is 12.1. The molecule has 0 heterocycles. The second-order valence-electron chi connectivity index (χ2n) is 4.49. The first-order chi connectivity index (χ1) is 9.69. The summed E-state index contributed by atoms with van der Waals surface area (Å²) in [6.07, 6.45) is 0.392. The monoisotopic (exact) mass is 395 g/mol. The number of rotatable bonds is 5. The normalized spacial score (nSPS) is 11.9. The van der Waals surface area contributed by atoms with Gasteiger partial charge in [-0.2, -0.15) is 0 Å². The number of halogens is 2. The Morgan fingerprint density at radius 1 is 1.05 bits per heavy atom. The number of hydrogen-bond acceptors (Lipinski definition) is 1. The molecule has 1 unspecified atom stereocenters. The van der Waals surface area contributed by atoms with Crippen molar-refractivity contribution in [3.63, 3.8) is 0 Å². The maximum absolute atomic E-state index is 12.1. The van der Waals surface area contributed by atoms with Gasteiger partial charge in [-0.15, -0.1) is 0 Å². The average Bonchev–Trinajstić information content (AvgIpc) is 2.48. The Labute approximate surface area is 135 Å². The van der Waals surface area contributed by atoms with Gasteiger partial charge in [0.2, 0.25) is 5.91 Å². The van der Waals surface area contributed by atoms with Gasteiger partial charge in [0.25, 0.3) is 0 Å². The highest BCUT2D eigenvalue weighted by Gasteiger charge is 2.13. The molecule has 2 rings (SSSR count). The van der Waals surface area contributed by atoms with Crippen molar-refractivity contribution in [1.29, 1.82) is 0 Å². The molecule has 2 aromatic rings. The van der Waals surface area contributed by atoms with Crippen molar-refractivity contribution in [2.45, 2.75) is 12.5 Å². The lowest BCUT2D eigenvalue weighted by Gasteiger charge is -2.16. The summed E-state index contributed by atoms with van der Waals surface area (Å²) in [5, 5.41) is 3.75. The van der Waals surface area contributed by atoms with E-state index in [1.165, 1.54) is 0 Å². The van der Waals surface area contributed by atoms with Crippen LogP contribution >= 0.6 is 31.9 Å². The summed E-state index contributed by atoms with van der Waals surface area (Å²) in [4.78, 5) is 12.1. The van der Waals surface area contributed by atoms with Gasteiger partial charge >= 0.3 is 0 Å². The zero-order chi connectivity index (χ0) is 14.4. The lowest BCUT2D eigenvalue weighted by Crippen LogP contribution is -2.30. The first-order valence-corrected chi connectivity index (χ1v) is 8.25. The molecule has 0 radical (unpaired) electrons. The Bertz CT molecular complexity index is 554. The summed E-state index contributed by atoms with van der Waals surface area (Å²) >= 11 is 6.84. The molecule has 20 heavy (non-hydrogen) atoms. The SMILES string of the molecule is O=C(Cc1ccc(Br)cc1)NC(CBr)c1ccccc1. The highest BCUT2D eigenvalue weighted by atomic mass is 79.9. The van der Waals surface area contributed by atoms with E-state index in [1.54, 1.807) is 0 Å². The molecule has 0 saturated heterocycles. The van der Waals surface area contributed by atoms with E-state index in [1.807, 2.05) is 54.6 Å². The van der Waals surface area contributed by atoms with Crippen LogP contribution in [0.5, 0.6) is 0 Å². The zero-order valence-corrected chi connectivity index (χ0v) is 14.0. The number of alkyl halides is 1. The minimum Gasteiger partial charge on any atom is -0.348 e. The number of benzene rings is 2. The average molecular weight is 397 g/mol. The molecule has 0 aliphatic rings. The Morgan fingerprint density at radius 2 is 1.70 bits per heavy atom. The van der Waals surface area contributed by atoms with Gasteiger partial charge in [-0.25, -0.2) is 0 Å². The molecule has 2 aromatic carbocycles. The van der Waals surface area contributed by atoms with Crippen molar-refractivity contribution in [2.75, 3.05) is 5.33 Å². The molecule has 0 aromatic heterocycles. The molecule has 104 valence electrons. The number of hydrogen-bond donors (Lipinski definition) is 1. The van der Waals surface area contributed by atoms with E-state index < -0.39 is 0 Å². The van der Waals surface area contributed by atoms with E-state index >= 15 is 0 Å². The molecule has 1 atom stereocenters. The van der Waals surface area contributed by atoms with E-state index in [0.717, 1.165) is 15.6 Å². The quantitative estimate of drug-likeness (QED) is 0.752. The first-order valence-electron chi connectivity index (χ1n) is 6.34. The van der Waals surface area contributed by atoms with Crippen LogP contribution in [0.1, 0.15) is 17.2 Å². The third-order valence-electron chi connectivity index (χ3n) is 2.97. The van der Waals surface area contributed by atoms with Crippen LogP contribution in [0.4, 0.5) is 0 Å². The van der Waals surface area contributed by atoms with Crippen LogP contribution in [0.15, 0.2) is 59.1 Å². The van der Waals surface area contributed by atoms with Crippen molar-refractivity contribution in [1.82, 2.24) is 5.32 Å². The molecule has 0 aliphatic heterocycles. The van der Waals surface area contributed by atoms with Gasteiger partial charge in [0.15, 0.2) is 0 Å². The van der Waals surface area contributed by atoms with Crippen LogP contribution in [0.2, 0.25) is 0 Å². The van der Waals surface area contributed by atoms with Crippen LogP contribution in [-0.2, 0) is 11.2 Å². The summed E-state index contributed by atoms with van der Waals surface area (Å²) in [6, 6.07) is 17.8. The smallest absolute Gasteiger partial charge is 0.224 e. The third-order valence-corrected chi connectivity index (χ3v) is 4.15. The molecule has 4 heteroatoms. The van der Waals surface area contributed by atoms with Gasteiger partial charge in [0.1, 0.15) is 0 Å². The molecule has 1 N–H and O–H groups in total. The fourth-order valence-electron chi connectivity index (χ4n) is 1.93. The summed E-state index contributed by atoms with van der Waals surface area (Å²) in [6.45, 7) is 0. The van der Waals surface area contributed by atoms with E-state index in [9.17, 15) is 4.79 Å². The second kappa shape index (κ2) is 7.60. The minimum absolute atomic E-state index is 0.000789. The Kier molecular flexibility index (Phi) is 5.80. The van der Waals surface area contributed by atoms with Crippen molar-refractivity contribution in [3.05, 3.63) is 70.2 Å². The molecular formula is C16H15Br2NO. The molecule has 0 spiro atoms. The lowest BCUT2D eigenvalue weighted by molar-refractivity contribution is -0.121. The number of amides is 1. The maximum Gasteiger partial charge on any atom is 0.224 e. The van der Waals surface area contributed by atoms with Crippen LogP contribution in [0.3, 0.4) is 0 Å². The number of carbonyl (C=O) groups excluding carboxylic acids is 1. The molecule has 0 fully saturated rings. The predicted octanol–water partition coefficient (Wildman–Crippen LogP) is 4.24. The van der Waals surface area contributed by atoms with Crippen LogP contribution in [0, 0.1) is 0 Å². The largest absolute Gasteiger partial charge is 0.348 e. The molecule has 1 amide bonds. The van der Waals surface area contributed by atoms with Crippen molar-refractivity contribution in [2.24, 2.45) is 0 Å². The van der Waals surface area contributed by atoms with Gasteiger partial charge in [-0.05, 0) is 23.3 Å². The van der Waals surface area contributed by atoms with E-state index in [4.69, 9.17) is 0 Å². The summed E-state index contributed by atoms with van der Waals surface area (Å²) in [5.74, 6) is 0.0284. The van der Waals surface area contributed by atoms with E-state index in [-0.39, 0.29) is 11.9 Å². The van der Waals surface area contributed by atoms with Crippen LogP contribution in [-0.4, -0.2) is 11.2 Å². The fourth-order valence-corrected chi connectivity index (χ4v) is 2.73. The summed E-state index contributed by atoms with van der Waals surface area (Å²) < 4.78 is 1.02.